The number of rotatable bonds is 4. The maximum absolute atomic E-state index is 5.41. The standard InChI is InChI=1S/C23H21N5O/c1-15-16(2)28(18-10-7-11-19(13-18)29-3)22-21(15)23-25-20(26-27(23)14-24-22)12-17-8-5-4-6-9-17/h4-11,13-14H,12H2,1-3H3. The zero-order valence-corrected chi connectivity index (χ0v) is 16.6. The lowest BCUT2D eigenvalue weighted by atomic mass is 10.1. The van der Waals surface area contributed by atoms with Gasteiger partial charge in [0.25, 0.3) is 0 Å². The van der Waals surface area contributed by atoms with Gasteiger partial charge >= 0.3 is 0 Å². The molecular formula is C23H21N5O. The molecule has 0 unspecified atom stereocenters. The smallest absolute Gasteiger partial charge is 0.168 e. The van der Waals surface area contributed by atoms with Gasteiger partial charge in [0.05, 0.1) is 18.2 Å². The quantitative estimate of drug-likeness (QED) is 0.465. The molecule has 5 rings (SSSR count). The summed E-state index contributed by atoms with van der Waals surface area (Å²) < 4.78 is 9.34. The van der Waals surface area contributed by atoms with Gasteiger partial charge < -0.3 is 4.74 Å². The summed E-state index contributed by atoms with van der Waals surface area (Å²) in [6.07, 6.45) is 2.44. The van der Waals surface area contributed by atoms with Gasteiger partial charge in [-0.3, -0.25) is 4.57 Å². The Morgan fingerprint density at radius 2 is 1.79 bits per heavy atom. The van der Waals surface area contributed by atoms with Gasteiger partial charge in [-0.2, -0.15) is 0 Å². The monoisotopic (exact) mass is 383 g/mol. The van der Waals surface area contributed by atoms with Crippen molar-refractivity contribution >= 4 is 16.7 Å². The molecule has 6 nitrogen and oxygen atoms in total. The lowest BCUT2D eigenvalue weighted by molar-refractivity contribution is 0.414. The maximum atomic E-state index is 5.41. The van der Waals surface area contributed by atoms with Gasteiger partial charge in [0.15, 0.2) is 17.1 Å². The van der Waals surface area contributed by atoms with Gasteiger partial charge in [-0.1, -0.05) is 36.4 Å². The third kappa shape index (κ3) is 2.84. The Bertz CT molecular complexity index is 1330. The molecule has 0 radical (unpaired) electrons. The lowest BCUT2D eigenvalue weighted by Crippen LogP contribution is -1.99. The first-order valence-electron chi connectivity index (χ1n) is 9.56. The normalized spacial score (nSPS) is 11.4. The number of benzene rings is 2. The molecule has 0 N–H and O–H groups in total. The first kappa shape index (κ1) is 17.4. The number of hydrogen-bond acceptors (Lipinski definition) is 4. The summed E-state index contributed by atoms with van der Waals surface area (Å²) in [5, 5.41) is 5.68. The topological polar surface area (TPSA) is 57.2 Å². The van der Waals surface area contributed by atoms with Crippen molar-refractivity contribution in [1.82, 2.24) is 24.1 Å². The Morgan fingerprint density at radius 1 is 0.966 bits per heavy atom. The highest BCUT2D eigenvalue weighted by Gasteiger charge is 2.19. The number of fused-ring (bicyclic) bond motifs is 3. The van der Waals surface area contributed by atoms with Crippen LogP contribution in [0.5, 0.6) is 5.75 Å². The Balaban J connectivity index is 1.69. The van der Waals surface area contributed by atoms with Crippen LogP contribution in [-0.4, -0.2) is 31.3 Å². The Labute approximate surface area is 168 Å². The zero-order chi connectivity index (χ0) is 20.0. The van der Waals surface area contributed by atoms with Gasteiger partial charge in [-0.05, 0) is 37.1 Å². The first-order valence-corrected chi connectivity index (χ1v) is 9.56. The molecule has 0 spiro atoms. The third-order valence-electron chi connectivity index (χ3n) is 5.39. The zero-order valence-electron chi connectivity index (χ0n) is 16.6. The largest absolute Gasteiger partial charge is 0.497 e. The van der Waals surface area contributed by atoms with E-state index in [4.69, 9.17) is 14.7 Å². The summed E-state index contributed by atoms with van der Waals surface area (Å²) in [4.78, 5) is 9.58. The summed E-state index contributed by atoms with van der Waals surface area (Å²) in [7, 11) is 1.68. The molecule has 3 aromatic heterocycles. The van der Waals surface area contributed by atoms with Crippen LogP contribution in [0.3, 0.4) is 0 Å². The summed E-state index contributed by atoms with van der Waals surface area (Å²) >= 11 is 0. The Morgan fingerprint density at radius 3 is 2.59 bits per heavy atom. The highest BCUT2D eigenvalue weighted by molar-refractivity contribution is 5.95. The van der Waals surface area contributed by atoms with Crippen molar-refractivity contribution in [2.24, 2.45) is 0 Å². The van der Waals surface area contributed by atoms with Crippen molar-refractivity contribution in [3.63, 3.8) is 0 Å². The van der Waals surface area contributed by atoms with Gasteiger partial charge in [0, 0.05) is 18.2 Å². The van der Waals surface area contributed by atoms with Crippen molar-refractivity contribution in [1.29, 1.82) is 0 Å². The van der Waals surface area contributed by atoms with Crippen LogP contribution in [0.4, 0.5) is 0 Å². The van der Waals surface area contributed by atoms with Gasteiger partial charge in [-0.15, -0.1) is 5.10 Å². The Kier molecular flexibility index (Phi) is 4.05. The van der Waals surface area contributed by atoms with Crippen LogP contribution in [0, 0.1) is 13.8 Å². The molecule has 0 aliphatic rings. The van der Waals surface area contributed by atoms with E-state index in [1.165, 1.54) is 5.56 Å². The lowest BCUT2D eigenvalue weighted by Gasteiger charge is -2.09. The van der Waals surface area contributed by atoms with E-state index in [0.29, 0.717) is 6.42 Å². The predicted molar refractivity (Wildman–Crippen MR) is 113 cm³/mol. The van der Waals surface area contributed by atoms with E-state index in [2.05, 4.69) is 41.7 Å². The molecule has 5 aromatic rings. The van der Waals surface area contributed by atoms with Crippen molar-refractivity contribution in [3.8, 4) is 11.4 Å². The number of aromatic nitrogens is 5. The fraction of sp³-hybridized carbons (Fsp3) is 0.174. The number of nitrogens with zero attached hydrogens (tertiary/aromatic N) is 5. The second-order valence-corrected chi connectivity index (χ2v) is 7.15. The summed E-state index contributed by atoms with van der Waals surface area (Å²) in [6, 6.07) is 18.3. The van der Waals surface area contributed by atoms with Crippen LogP contribution in [0.15, 0.2) is 60.9 Å². The number of aryl methyl sites for hydroxylation is 1. The molecule has 0 atom stereocenters. The van der Waals surface area contributed by atoms with Crippen molar-refractivity contribution in [2.45, 2.75) is 20.3 Å². The molecule has 3 heterocycles. The Hall–Kier alpha value is -3.67. The molecule has 0 amide bonds. The number of methoxy groups -OCH3 is 1. The number of ether oxygens (including phenoxy) is 1. The molecule has 144 valence electrons. The minimum Gasteiger partial charge on any atom is -0.497 e. The van der Waals surface area contributed by atoms with Crippen LogP contribution in [0.25, 0.3) is 22.4 Å². The minimum atomic E-state index is 0.693. The van der Waals surface area contributed by atoms with E-state index >= 15 is 0 Å². The molecular weight excluding hydrogens is 362 g/mol. The predicted octanol–water partition coefficient (Wildman–Crippen LogP) is 4.28. The van der Waals surface area contributed by atoms with E-state index in [1.807, 2.05) is 36.4 Å². The van der Waals surface area contributed by atoms with E-state index in [0.717, 1.165) is 45.2 Å². The van der Waals surface area contributed by atoms with E-state index in [9.17, 15) is 0 Å². The van der Waals surface area contributed by atoms with E-state index in [1.54, 1.807) is 18.0 Å². The van der Waals surface area contributed by atoms with Gasteiger partial charge in [0.2, 0.25) is 0 Å². The van der Waals surface area contributed by atoms with E-state index < -0.39 is 0 Å². The molecule has 0 aliphatic heterocycles. The van der Waals surface area contributed by atoms with Crippen LogP contribution < -0.4 is 4.74 Å². The van der Waals surface area contributed by atoms with Crippen molar-refractivity contribution in [3.05, 3.63) is 83.6 Å². The maximum Gasteiger partial charge on any atom is 0.168 e. The van der Waals surface area contributed by atoms with Crippen LogP contribution in [0.1, 0.15) is 22.6 Å². The minimum absolute atomic E-state index is 0.693. The molecule has 0 saturated heterocycles. The van der Waals surface area contributed by atoms with Gasteiger partial charge in [0.1, 0.15) is 12.1 Å². The molecule has 6 heteroatoms. The highest BCUT2D eigenvalue weighted by Crippen LogP contribution is 2.30. The fourth-order valence-corrected chi connectivity index (χ4v) is 3.82. The first-order chi connectivity index (χ1) is 14.2. The second kappa shape index (κ2) is 6.74. The summed E-state index contributed by atoms with van der Waals surface area (Å²) in [6.45, 7) is 4.22. The van der Waals surface area contributed by atoms with Crippen molar-refractivity contribution < 1.29 is 4.74 Å². The summed E-state index contributed by atoms with van der Waals surface area (Å²) in [5.74, 6) is 1.60. The van der Waals surface area contributed by atoms with E-state index in [-0.39, 0.29) is 0 Å². The molecule has 0 fully saturated rings. The molecule has 0 bridgehead atoms. The fourth-order valence-electron chi connectivity index (χ4n) is 3.82. The summed E-state index contributed by atoms with van der Waals surface area (Å²) in [5.41, 5.74) is 6.19. The molecule has 2 aromatic carbocycles. The van der Waals surface area contributed by atoms with Gasteiger partial charge in [-0.25, -0.2) is 14.5 Å². The number of hydrogen-bond donors (Lipinski definition) is 0. The molecule has 0 saturated carbocycles. The average molecular weight is 383 g/mol. The SMILES string of the molecule is COc1cccc(-n2c(C)c(C)c3c2ncn2nc(Cc4ccccc4)nc32)c1. The highest BCUT2D eigenvalue weighted by atomic mass is 16.5. The molecule has 29 heavy (non-hydrogen) atoms. The van der Waals surface area contributed by atoms with Crippen LogP contribution >= 0.6 is 0 Å². The van der Waals surface area contributed by atoms with Crippen LogP contribution in [0.2, 0.25) is 0 Å². The second-order valence-electron chi connectivity index (χ2n) is 7.15. The molecule has 0 aliphatic carbocycles. The van der Waals surface area contributed by atoms with Crippen molar-refractivity contribution in [2.75, 3.05) is 7.11 Å². The third-order valence-corrected chi connectivity index (χ3v) is 5.39. The van der Waals surface area contributed by atoms with Crippen LogP contribution in [-0.2, 0) is 6.42 Å². The average Bonchev–Trinajstić information content (AvgIpc) is 3.27.